The van der Waals surface area contributed by atoms with Gasteiger partial charge in [0.05, 0.1) is 0 Å². The summed E-state index contributed by atoms with van der Waals surface area (Å²) in [4.78, 5) is 13.5. The van der Waals surface area contributed by atoms with Crippen molar-refractivity contribution in [3.63, 3.8) is 0 Å². The molecule has 0 bridgehead atoms. The molecule has 1 amide bonds. The molecule has 1 aliphatic heterocycles. The third-order valence-electron chi connectivity index (χ3n) is 2.91. The van der Waals surface area contributed by atoms with E-state index in [1.165, 1.54) is 0 Å². The maximum atomic E-state index is 11.9. The quantitative estimate of drug-likeness (QED) is 0.750. The zero-order chi connectivity index (χ0) is 12.5. The van der Waals surface area contributed by atoms with Crippen LogP contribution in [0.4, 0.5) is 0 Å². The molecule has 1 N–H and O–H groups in total. The van der Waals surface area contributed by atoms with Gasteiger partial charge in [0, 0.05) is 25.2 Å². The predicted molar refractivity (Wildman–Crippen MR) is 68.1 cm³/mol. The molecule has 1 aliphatic rings. The Kier molecular flexibility index (Phi) is 4.76. The summed E-state index contributed by atoms with van der Waals surface area (Å²) in [7, 11) is 0. The van der Waals surface area contributed by atoms with Crippen molar-refractivity contribution < 1.29 is 4.79 Å². The number of nitrogens with zero attached hydrogens (tertiary/aromatic N) is 1. The van der Waals surface area contributed by atoms with Gasteiger partial charge in [-0.1, -0.05) is 48.7 Å². The Bertz CT molecular complexity index is 265. The Morgan fingerprint density at radius 3 is 2.44 bits per heavy atom. The first kappa shape index (κ1) is 14.4. The highest BCUT2D eigenvalue weighted by atomic mass is 35.6. The zero-order valence-electron chi connectivity index (χ0n) is 9.64. The van der Waals surface area contributed by atoms with Gasteiger partial charge in [0.1, 0.15) is 0 Å². The number of hydrogen-bond donors (Lipinski definition) is 1. The standard InChI is InChI=1S/C10H17Cl3N2O/c1-6(2)8-5-15(7(3)4-14-8)9(16)10(11,12)13/h6-8,14H,4-5H2,1-3H3. The van der Waals surface area contributed by atoms with Crippen LogP contribution in [0.1, 0.15) is 20.8 Å². The number of halogens is 3. The monoisotopic (exact) mass is 286 g/mol. The Morgan fingerprint density at radius 2 is 2.00 bits per heavy atom. The molecule has 0 aromatic heterocycles. The molecule has 1 fully saturated rings. The van der Waals surface area contributed by atoms with E-state index in [-0.39, 0.29) is 12.1 Å². The fourth-order valence-corrected chi connectivity index (χ4v) is 2.11. The third kappa shape index (κ3) is 3.39. The van der Waals surface area contributed by atoms with Gasteiger partial charge in [0.2, 0.25) is 0 Å². The van der Waals surface area contributed by atoms with Gasteiger partial charge in [-0.3, -0.25) is 4.79 Å². The second-order valence-corrected chi connectivity index (χ2v) is 6.84. The minimum absolute atomic E-state index is 0.0538. The van der Waals surface area contributed by atoms with Crippen LogP contribution in [-0.2, 0) is 4.79 Å². The molecular weight excluding hydrogens is 270 g/mol. The zero-order valence-corrected chi connectivity index (χ0v) is 11.9. The van der Waals surface area contributed by atoms with Crippen molar-refractivity contribution in [1.82, 2.24) is 10.2 Å². The topological polar surface area (TPSA) is 32.3 Å². The lowest BCUT2D eigenvalue weighted by atomic mass is 10.00. The van der Waals surface area contributed by atoms with Gasteiger partial charge < -0.3 is 10.2 Å². The molecule has 0 saturated carbocycles. The summed E-state index contributed by atoms with van der Waals surface area (Å²) in [5.74, 6) is 0.00956. The molecule has 2 atom stereocenters. The van der Waals surface area contributed by atoms with Crippen LogP contribution in [0.5, 0.6) is 0 Å². The molecule has 1 heterocycles. The maximum Gasteiger partial charge on any atom is 0.275 e. The summed E-state index contributed by atoms with van der Waals surface area (Å²) < 4.78 is -1.85. The van der Waals surface area contributed by atoms with Gasteiger partial charge in [-0.25, -0.2) is 0 Å². The molecule has 94 valence electrons. The average Bonchev–Trinajstić information content (AvgIpc) is 2.15. The van der Waals surface area contributed by atoms with E-state index in [2.05, 4.69) is 19.2 Å². The molecule has 16 heavy (non-hydrogen) atoms. The van der Waals surface area contributed by atoms with Crippen LogP contribution in [0.2, 0.25) is 0 Å². The van der Waals surface area contributed by atoms with Crippen molar-refractivity contribution in [3.05, 3.63) is 0 Å². The number of piperazine rings is 1. The van der Waals surface area contributed by atoms with E-state index in [0.29, 0.717) is 12.5 Å². The summed E-state index contributed by atoms with van der Waals surface area (Å²) in [5, 5.41) is 3.38. The van der Waals surface area contributed by atoms with E-state index in [1.807, 2.05) is 6.92 Å². The first-order valence-electron chi connectivity index (χ1n) is 5.34. The summed E-state index contributed by atoms with van der Waals surface area (Å²) in [6, 6.07) is 0.311. The summed E-state index contributed by atoms with van der Waals surface area (Å²) in [6.07, 6.45) is 0. The molecule has 0 radical (unpaired) electrons. The summed E-state index contributed by atoms with van der Waals surface area (Å²) in [6.45, 7) is 7.47. The molecule has 0 spiro atoms. The highest BCUT2D eigenvalue weighted by molar-refractivity contribution is 6.76. The van der Waals surface area contributed by atoms with E-state index in [0.717, 1.165) is 6.54 Å². The van der Waals surface area contributed by atoms with E-state index in [1.54, 1.807) is 4.90 Å². The van der Waals surface area contributed by atoms with Crippen molar-refractivity contribution >= 4 is 40.7 Å². The van der Waals surface area contributed by atoms with Gasteiger partial charge >= 0.3 is 0 Å². The third-order valence-corrected chi connectivity index (χ3v) is 3.39. The van der Waals surface area contributed by atoms with E-state index >= 15 is 0 Å². The molecule has 1 saturated heterocycles. The summed E-state index contributed by atoms with van der Waals surface area (Å²) in [5.41, 5.74) is 0. The molecule has 0 aromatic carbocycles. The van der Waals surface area contributed by atoms with Crippen LogP contribution >= 0.6 is 34.8 Å². The average molecular weight is 288 g/mol. The largest absolute Gasteiger partial charge is 0.333 e. The molecule has 0 aromatic rings. The lowest BCUT2D eigenvalue weighted by Gasteiger charge is -2.41. The molecule has 1 rings (SSSR count). The van der Waals surface area contributed by atoms with Gasteiger partial charge in [0.25, 0.3) is 9.70 Å². The highest BCUT2D eigenvalue weighted by Crippen LogP contribution is 2.30. The van der Waals surface area contributed by atoms with Crippen LogP contribution < -0.4 is 5.32 Å². The number of nitrogens with one attached hydrogen (secondary N) is 1. The minimum Gasteiger partial charge on any atom is -0.333 e. The van der Waals surface area contributed by atoms with Crippen LogP contribution in [0.25, 0.3) is 0 Å². The van der Waals surface area contributed by atoms with E-state index in [4.69, 9.17) is 34.8 Å². The highest BCUT2D eigenvalue weighted by Gasteiger charge is 2.40. The van der Waals surface area contributed by atoms with Gasteiger partial charge in [0.15, 0.2) is 0 Å². The first-order chi connectivity index (χ1) is 7.23. The minimum atomic E-state index is -1.85. The SMILES string of the molecule is CC(C)C1CN(C(=O)C(Cl)(Cl)Cl)C(C)CN1. The van der Waals surface area contributed by atoms with Crippen molar-refractivity contribution in [2.24, 2.45) is 5.92 Å². The predicted octanol–water partition coefficient (Wildman–Crippen LogP) is 2.20. The van der Waals surface area contributed by atoms with Crippen molar-refractivity contribution in [3.8, 4) is 0 Å². The van der Waals surface area contributed by atoms with E-state index in [9.17, 15) is 4.79 Å². The second kappa shape index (κ2) is 5.30. The van der Waals surface area contributed by atoms with Crippen molar-refractivity contribution in [1.29, 1.82) is 0 Å². The van der Waals surface area contributed by atoms with Gasteiger partial charge in [-0.2, -0.15) is 0 Å². The van der Waals surface area contributed by atoms with Crippen LogP contribution in [0.15, 0.2) is 0 Å². The first-order valence-corrected chi connectivity index (χ1v) is 6.48. The molecule has 0 aliphatic carbocycles. The molecule has 2 unspecified atom stereocenters. The van der Waals surface area contributed by atoms with Crippen molar-refractivity contribution in [2.45, 2.75) is 36.6 Å². The van der Waals surface area contributed by atoms with Crippen LogP contribution in [0, 0.1) is 5.92 Å². The normalized spacial score (nSPS) is 27.3. The fourth-order valence-electron chi connectivity index (χ4n) is 1.78. The molecular formula is C10H17Cl3N2O. The lowest BCUT2D eigenvalue weighted by molar-refractivity contribution is -0.134. The number of amides is 1. The van der Waals surface area contributed by atoms with Crippen molar-refractivity contribution in [2.75, 3.05) is 13.1 Å². The Hall–Kier alpha value is 0.300. The number of hydrogen-bond acceptors (Lipinski definition) is 2. The number of rotatable bonds is 1. The number of carbonyl (C=O) groups excluding carboxylic acids is 1. The maximum absolute atomic E-state index is 11.9. The number of carbonyl (C=O) groups is 1. The Labute approximate surface area is 111 Å². The lowest BCUT2D eigenvalue weighted by Crippen LogP contribution is -2.60. The smallest absolute Gasteiger partial charge is 0.275 e. The van der Waals surface area contributed by atoms with Gasteiger partial charge in [-0.15, -0.1) is 0 Å². The van der Waals surface area contributed by atoms with Crippen LogP contribution in [0.3, 0.4) is 0 Å². The molecule has 6 heteroatoms. The van der Waals surface area contributed by atoms with Gasteiger partial charge in [-0.05, 0) is 12.8 Å². The Morgan fingerprint density at radius 1 is 1.44 bits per heavy atom. The summed E-state index contributed by atoms with van der Waals surface area (Å²) >= 11 is 16.9. The fraction of sp³-hybridized carbons (Fsp3) is 0.900. The second-order valence-electron chi connectivity index (χ2n) is 4.56. The molecule has 3 nitrogen and oxygen atoms in total. The van der Waals surface area contributed by atoms with E-state index < -0.39 is 9.70 Å². The number of alkyl halides is 3. The Balaban J connectivity index is 2.74. The van der Waals surface area contributed by atoms with Crippen LogP contribution in [-0.4, -0.2) is 39.8 Å².